The summed E-state index contributed by atoms with van der Waals surface area (Å²) in [5.74, 6) is -1.48. The number of para-hydroxylation sites is 1. The fraction of sp³-hybridized carbons (Fsp3) is 0.318. The minimum Gasteiger partial charge on any atom is -0.328 e. The van der Waals surface area contributed by atoms with Crippen LogP contribution >= 0.6 is 0 Å². The van der Waals surface area contributed by atoms with Gasteiger partial charge in [0.15, 0.2) is 0 Å². The van der Waals surface area contributed by atoms with Crippen LogP contribution in [0.5, 0.6) is 0 Å². The van der Waals surface area contributed by atoms with Crippen LogP contribution in [0.2, 0.25) is 0 Å². The molecule has 2 aromatic carbocycles. The van der Waals surface area contributed by atoms with Gasteiger partial charge in [-0.25, -0.2) is 0 Å². The Morgan fingerprint density at radius 1 is 1.00 bits per heavy atom. The maximum atomic E-state index is 12.5. The molecule has 1 aliphatic rings. The zero-order chi connectivity index (χ0) is 20.1. The van der Waals surface area contributed by atoms with Crippen molar-refractivity contribution in [1.82, 2.24) is 9.80 Å². The van der Waals surface area contributed by atoms with Crippen LogP contribution in [0.25, 0.3) is 0 Å². The van der Waals surface area contributed by atoms with Gasteiger partial charge in [0.1, 0.15) is 6.54 Å². The maximum absolute atomic E-state index is 12.5. The lowest BCUT2D eigenvalue weighted by molar-refractivity contribution is -0.157. The van der Waals surface area contributed by atoms with Crippen molar-refractivity contribution in [3.8, 4) is 0 Å². The van der Waals surface area contributed by atoms with Crippen LogP contribution in [-0.4, -0.2) is 47.2 Å². The van der Waals surface area contributed by atoms with E-state index in [2.05, 4.69) is 5.32 Å². The molecular weight excluding hydrogens is 354 g/mol. The second kappa shape index (κ2) is 8.69. The summed E-state index contributed by atoms with van der Waals surface area (Å²) in [6, 6.07) is 15.4. The third-order valence-corrected chi connectivity index (χ3v) is 4.86. The van der Waals surface area contributed by atoms with Crippen LogP contribution in [0.3, 0.4) is 0 Å². The number of carbonyl (C=O) groups excluding carboxylic acids is 3. The number of aryl methyl sites for hydroxylation is 2. The highest BCUT2D eigenvalue weighted by atomic mass is 16.2. The lowest BCUT2D eigenvalue weighted by Gasteiger charge is -2.33. The highest BCUT2D eigenvalue weighted by molar-refractivity contribution is 6.35. The first-order valence-electron chi connectivity index (χ1n) is 9.49. The summed E-state index contributed by atoms with van der Waals surface area (Å²) in [4.78, 5) is 40.2. The van der Waals surface area contributed by atoms with E-state index in [9.17, 15) is 14.4 Å². The van der Waals surface area contributed by atoms with Gasteiger partial charge in [-0.15, -0.1) is 0 Å². The Morgan fingerprint density at radius 3 is 2.46 bits per heavy atom. The monoisotopic (exact) mass is 379 g/mol. The van der Waals surface area contributed by atoms with E-state index in [0.29, 0.717) is 19.6 Å². The number of nitrogens with zero attached hydrogens (tertiary/aromatic N) is 2. The number of anilines is 1. The quantitative estimate of drug-likeness (QED) is 0.784. The van der Waals surface area contributed by atoms with Crippen molar-refractivity contribution in [1.29, 1.82) is 0 Å². The van der Waals surface area contributed by atoms with Gasteiger partial charge >= 0.3 is 11.8 Å². The van der Waals surface area contributed by atoms with Gasteiger partial charge in [0, 0.05) is 25.3 Å². The average Bonchev–Trinajstić information content (AvgIpc) is 2.68. The fourth-order valence-corrected chi connectivity index (χ4v) is 3.36. The molecule has 1 fully saturated rings. The summed E-state index contributed by atoms with van der Waals surface area (Å²) in [5.41, 5.74) is 3.87. The SMILES string of the molecule is CCc1ccccc1NC(=O)CN1CCN(Cc2cccc(C)c2)C(=O)C1=O. The zero-order valence-electron chi connectivity index (χ0n) is 16.3. The van der Waals surface area contributed by atoms with Gasteiger partial charge in [-0.3, -0.25) is 14.4 Å². The van der Waals surface area contributed by atoms with Crippen molar-refractivity contribution >= 4 is 23.4 Å². The van der Waals surface area contributed by atoms with Crippen molar-refractivity contribution < 1.29 is 14.4 Å². The van der Waals surface area contributed by atoms with Gasteiger partial charge < -0.3 is 15.1 Å². The van der Waals surface area contributed by atoms with Crippen molar-refractivity contribution in [3.63, 3.8) is 0 Å². The molecule has 1 heterocycles. The summed E-state index contributed by atoms with van der Waals surface area (Å²) in [6.07, 6.45) is 0.797. The number of benzene rings is 2. The van der Waals surface area contributed by atoms with Crippen LogP contribution in [0, 0.1) is 6.92 Å². The first-order valence-corrected chi connectivity index (χ1v) is 9.49. The molecule has 3 amide bonds. The molecule has 28 heavy (non-hydrogen) atoms. The number of nitrogens with one attached hydrogen (secondary N) is 1. The van der Waals surface area contributed by atoms with Crippen molar-refractivity contribution in [2.24, 2.45) is 0 Å². The van der Waals surface area contributed by atoms with Crippen molar-refractivity contribution in [2.75, 3.05) is 25.0 Å². The maximum Gasteiger partial charge on any atom is 0.312 e. The average molecular weight is 379 g/mol. The van der Waals surface area contributed by atoms with E-state index in [1.807, 2.05) is 62.4 Å². The summed E-state index contributed by atoms with van der Waals surface area (Å²) >= 11 is 0. The van der Waals surface area contributed by atoms with Crippen LogP contribution in [0.4, 0.5) is 5.69 Å². The van der Waals surface area contributed by atoms with Crippen molar-refractivity contribution in [3.05, 3.63) is 65.2 Å². The summed E-state index contributed by atoms with van der Waals surface area (Å²) in [6.45, 7) is 5.04. The number of rotatable bonds is 6. The van der Waals surface area contributed by atoms with Gasteiger partial charge in [-0.1, -0.05) is 55.0 Å². The van der Waals surface area contributed by atoms with Gasteiger partial charge in [-0.2, -0.15) is 0 Å². The second-order valence-corrected chi connectivity index (χ2v) is 7.00. The standard InChI is InChI=1S/C22H25N3O3/c1-3-18-9-4-5-10-19(18)23-20(26)15-25-12-11-24(21(27)22(25)28)14-17-8-6-7-16(2)13-17/h4-10,13H,3,11-12,14-15H2,1-2H3,(H,23,26). The lowest BCUT2D eigenvalue weighted by atomic mass is 10.1. The minimum absolute atomic E-state index is 0.124. The first kappa shape index (κ1) is 19.6. The van der Waals surface area contributed by atoms with Gasteiger partial charge in [0.2, 0.25) is 5.91 Å². The Labute approximate surface area is 165 Å². The van der Waals surface area contributed by atoms with E-state index >= 15 is 0 Å². The predicted octanol–water partition coefficient (Wildman–Crippen LogP) is 2.37. The molecule has 0 spiro atoms. The molecule has 0 aromatic heterocycles. The third-order valence-electron chi connectivity index (χ3n) is 4.86. The minimum atomic E-state index is -0.627. The molecule has 3 rings (SSSR count). The molecule has 146 valence electrons. The zero-order valence-corrected chi connectivity index (χ0v) is 16.3. The summed E-state index contributed by atoms with van der Waals surface area (Å²) < 4.78 is 0. The lowest BCUT2D eigenvalue weighted by Crippen LogP contribution is -2.55. The normalized spacial score (nSPS) is 14.4. The Hall–Kier alpha value is -3.15. The van der Waals surface area contributed by atoms with Crippen LogP contribution in [0.15, 0.2) is 48.5 Å². The van der Waals surface area contributed by atoms with E-state index in [-0.39, 0.29) is 12.5 Å². The molecule has 6 heteroatoms. The van der Waals surface area contributed by atoms with Gasteiger partial charge in [0.05, 0.1) is 0 Å². The van der Waals surface area contributed by atoms with Crippen LogP contribution < -0.4 is 5.32 Å². The van der Waals surface area contributed by atoms with E-state index in [1.165, 1.54) is 9.80 Å². The third kappa shape index (κ3) is 4.57. The van der Waals surface area contributed by atoms with Gasteiger partial charge in [-0.05, 0) is 30.5 Å². The molecule has 1 saturated heterocycles. The summed E-state index contributed by atoms with van der Waals surface area (Å²) in [5, 5.41) is 2.84. The van der Waals surface area contributed by atoms with Crippen LogP contribution in [-0.2, 0) is 27.3 Å². The second-order valence-electron chi connectivity index (χ2n) is 7.00. The molecule has 0 radical (unpaired) electrons. The van der Waals surface area contributed by atoms with Gasteiger partial charge in [0.25, 0.3) is 0 Å². The highest BCUT2D eigenvalue weighted by Gasteiger charge is 2.33. The Morgan fingerprint density at radius 2 is 1.71 bits per heavy atom. The molecule has 0 atom stereocenters. The van der Waals surface area contributed by atoms with E-state index in [0.717, 1.165) is 28.8 Å². The number of hydrogen-bond donors (Lipinski definition) is 1. The first-order chi connectivity index (χ1) is 13.5. The molecule has 2 aromatic rings. The Balaban J connectivity index is 1.59. The molecule has 0 unspecified atom stereocenters. The molecule has 0 saturated carbocycles. The Bertz CT molecular complexity index is 894. The number of carbonyl (C=O) groups is 3. The van der Waals surface area contributed by atoms with Crippen LogP contribution in [0.1, 0.15) is 23.6 Å². The smallest absolute Gasteiger partial charge is 0.312 e. The van der Waals surface area contributed by atoms with E-state index in [4.69, 9.17) is 0 Å². The molecule has 1 N–H and O–H groups in total. The fourth-order valence-electron chi connectivity index (χ4n) is 3.36. The van der Waals surface area contributed by atoms with Crippen molar-refractivity contribution in [2.45, 2.75) is 26.8 Å². The molecule has 1 aliphatic heterocycles. The number of hydrogen-bond acceptors (Lipinski definition) is 3. The molecular formula is C22H25N3O3. The highest BCUT2D eigenvalue weighted by Crippen LogP contribution is 2.16. The molecule has 0 bridgehead atoms. The molecule has 6 nitrogen and oxygen atoms in total. The number of amides is 3. The summed E-state index contributed by atoms with van der Waals surface area (Å²) in [7, 11) is 0. The van der Waals surface area contributed by atoms with E-state index < -0.39 is 11.8 Å². The van der Waals surface area contributed by atoms with E-state index in [1.54, 1.807) is 0 Å². The predicted molar refractivity (Wildman–Crippen MR) is 108 cm³/mol. The topological polar surface area (TPSA) is 69.7 Å². The number of piperazine rings is 1. The Kier molecular flexibility index (Phi) is 6.09. The molecule has 0 aliphatic carbocycles. The largest absolute Gasteiger partial charge is 0.328 e.